The first-order valence-electron chi connectivity index (χ1n) is 8.27. The lowest BCUT2D eigenvalue weighted by molar-refractivity contribution is -0.135. The van der Waals surface area contributed by atoms with Gasteiger partial charge in [-0.1, -0.05) is 19.3 Å². The summed E-state index contributed by atoms with van der Waals surface area (Å²) in [7, 11) is 0. The van der Waals surface area contributed by atoms with E-state index < -0.39 is 5.54 Å². The standard InChI is InChI=1S/C17H24N2O2S/c1-12(20)19-17(9-3-2-4-10-17)16(21)18-14-6-5-7-15-13(14)8-11-22-15/h8,11,14H,2-7,9-10H2,1H3,(H,18,21)(H,19,20). The fourth-order valence-electron chi connectivity index (χ4n) is 3.83. The molecule has 1 saturated carbocycles. The van der Waals surface area contributed by atoms with Crippen LogP contribution in [0, 0.1) is 0 Å². The minimum Gasteiger partial charge on any atom is -0.347 e. The third-order valence-corrected chi connectivity index (χ3v) is 5.91. The Balaban J connectivity index is 1.76. The van der Waals surface area contributed by atoms with Crippen molar-refractivity contribution in [3.8, 4) is 0 Å². The molecule has 1 unspecified atom stereocenters. The average molecular weight is 320 g/mol. The molecule has 0 bridgehead atoms. The van der Waals surface area contributed by atoms with Gasteiger partial charge in [-0.05, 0) is 49.1 Å². The van der Waals surface area contributed by atoms with Crippen LogP contribution in [0.25, 0.3) is 0 Å². The van der Waals surface area contributed by atoms with Gasteiger partial charge in [0.15, 0.2) is 0 Å². The Bertz CT molecular complexity index is 561. The Kier molecular flexibility index (Phi) is 4.52. The van der Waals surface area contributed by atoms with Crippen LogP contribution in [0.2, 0.25) is 0 Å². The molecule has 120 valence electrons. The van der Waals surface area contributed by atoms with Gasteiger partial charge in [0.2, 0.25) is 11.8 Å². The van der Waals surface area contributed by atoms with E-state index in [1.807, 2.05) is 0 Å². The number of hydrogen-bond acceptors (Lipinski definition) is 3. The SMILES string of the molecule is CC(=O)NC1(C(=O)NC2CCCc3sccc32)CCCCC1. The van der Waals surface area contributed by atoms with Crippen molar-refractivity contribution in [3.63, 3.8) is 0 Å². The first-order valence-corrected chi connectivity index (χ1v) is 9.15. The molecular formula is C17H24N2O2S. The molecule has 0 aliphatic heterocycles. The normalized spacial score (nSPS) is 23.4. The van der Waals surface area contributed by atoms with E-state index in [2.05, 4.69) is 22.1 Å². The van der Waals surface area contributed by atoms with E-state index in [4.69, 9.17) is 0 Å². The second kappa shape index (κ2) is 6.41. The molecule has 1 aromatic rings. The highest BCUT2D eigenvalue weighted by atomic mass is 32.1. The largest absolute Gasteiger partial charge is 0.347 e. The molecule has 0 saturated heterocycles. The lowest BCUT2D eigenvalue weighted by atomic mass is 9.80. The molecule has 2 aliphatic rings. The zero-order chi connectivity index (χ0) is 15.6. The maximum absolute atomic E-state index is 12.9. The van der Waals surface area contributed by atoms with Crippen molar-refractivity contribution in [3.05, 3.63) is 21.9 Å². The average Bonchev–Trinajstić information content (AvgIpc) is 2.97. The minimum absolute atomic E-state index is 0.00597. The number of amides is 2. The monoisotopic (exact) mass is 320 g/mol. The van der Waals surface area contributed by atoms with E-state index in [1.165, 1.54) is 17.4 Å². The van der Waals surface area contributed by atoms with Crippen molar-refractivity contribution in [1.29, 1.82) is 0 Å². The summed E-state index contributed by atoms with van der Waals surface area (Å²) in [6.07, 6.45) is 7.88. The lowest BCUT2D eigenvalue weighted by Gasteiger charge is -2.38. The Morgan fingerprint density at radius 3 is 2.73 bits per heavy atom. The Labute approximate surface area is 135 Å². The van der Waals surface area contributed by atoms with Gasteiger partial charge in [0.25, 0.3) is 0 Å². The second-order valence-corrected chi connectivity index (χ2v) is 7.54. The van der Waals surface area contributed by atoms with Crippen molar-refractivity contribution in [2.24, 2.45) is 0 Å². The van der Waals surface area contributed by atoms with Crippen LogP contribution in [0.5, 0.6) is 0 Å². The molecule has 0 radical (unpaired) electrons. The number of fused-ring (bicyclic) bond motifs is 1. The molecule has 5 heteroatoms. The van der Waals surface area contributed by atoms with E-state index in [9.17, 15) is 9.59 Å². The highest BCUT2D eigenvalue weighted by Crippen LogP contribution is 2.35. The van der Waals surface area contributed by atoms with Crippen molar-refractivity contribution >= 4 is 23.2 Å². The summed E-state index contributed by atoms with van der Waals surface area (Å²) < 4.78 is 0. The molecule has 1 heterocycles. The molecule has 1 aromatic heterocycles. The van der Waals surface area contributed by atoms with E-state index in [-0.39, 0.29) is 17.9 Å². The van der Waals surface area contributed by atoms with Crippen LogP contribution in [0.3, 0.4) is 0 Å². The molecular weight excluding hydrogens is 296 g/mol. The molecule has 2 N–H and O–H groups in total. The molecule has 2 aliphatic carbocycles. The van der Waals surface area contributed by atoms with Crippen molar-refractivity contribution < 1.29 is 9.59 Å². The van der Waals surface area contributed by atoms with Gasteiger partial charge in [-0.3, -0.25) is 9.59 Å². The van der Waals surface area contributed by atoms with Gasteiger partial charge in [0.1, 0.15) is 5.54 Å². The quantitative estimate of drug-likeness (QED) is 0.899. The van der Waals surface area contributed by atoms with Crippen LogP contribution >= 0.6 is 11.3 Å². The maximum atomic E-state index is 12.9. The van der Waals surface area contributed by atoms with Crippen molar-refractivity contribution in [2.45, 2.75) is 69.9 Å². The molecule has 4 nitrogen and oxygen atoms in total. The van der Waals surface area contributed by atoms with Crippen molar-refractivity contribution in [1.82, 2.24) is 10.6 Å². The topological polar surface area (TPSA) is 58.2 Å². The third-order valence-electron chi connectivity index (χ3n) is 4.91. The highest BCUT2D eigenvalue weighted by molar-refractivity contribution is 7.10. The van der Waals surface area contributed by atoms with E-state index >= 15 is 0 Å². The summed E-state index contributed by atoms with van der Waals surface area (Å²) in [6.45, 7) is 1.50. The Morgan fingerprint density at radius 1 is 1.23 bits per heavy atom. The summed E-state index contributed by atoms with van der Waals surface area (Å²) in [5.41, 5.74) is 0.580. The maximum Gasteiger partial charge on any atom is 0.246 e. The number of rotatable bonds is 3. The van der Waals surface area contributed by atoms with Gasteiger partial charge in [0, 0.05) is 11.8 Å². The molecule has 3 rings (SSSR count). The van der Waals surface area contributed by atoms with Gasteiger partial charge in [-0.2, -0.15) is 0 Å². The van der Waals surface area contributed by atoms with Crippen LogP contribution in [-0.4, -0.2) is 17.4 Å². The smallest absolute Gasteiger partial charge is 0.246 e. The molecule has 22 heavy (non-hydrogen) atoms. The van der Waals surface area contributed by atoms with Gasteiger partial charge < -0.3 is 10.6 Å². The van der Waals surface area contributed by atoms with Crippen molar-refractivity contribution in [2.75, 3.05) is 0 Å². The first-order chi connectivity index (χ1) is 10.6. The fraction of sp³-hybridized carbons (Fsp3) is 0.647. The van der Waals surface area contributed by atoms with Gasteiger partial charge in [-0.25, -0.2) is 0 Å². The third kappa shape index (κ3) is 3.05. The van der Waals surface area contributed by atoms with E-state index in [0.29, 0.717) is 0 Å². The van der Waals surface area contributed by atoms with Gasteiger partial charge in [-0.15, -0.1) is 11.3 Å². The van der Waals surface area contributed by atoms with Crippen LogP contribution in [0.1, 0.15) is 68.4 Å². The van der Waals surface area contributed by atoms with E-state index in [0.717, 1.165) is 51.4 Å². The second-order valence-electron chi connectivity index (χ2n) is 6.54. The van der Waals surface area contributed by atoms with Crippen LogP contribution in [0.15, 0.2) is 11.4 Å². The summed E-state index contributed by atoms with van der Waals surface area (Å²) >= 11 is 1.78. The fourth-order valence-corrected chi connectivity index (χ4v) is 4.82. The molecule has 1 fully saturated rings. The van der Waals surface area contributed by atoms with Crippen LogP contribution < -0.4 is 10.6 Å². The number of thiophene rings is 1. The zero-order valence-corrected chi connectivity index (χ0v) is 13.9. The number of carbonyl (C=O) groups excluding carboxylic acids is 2. The van der Waals surface area contributed by atoms with Gasteiger partial charge >= 0.3 is 0 Å². The Hall–Kier alpha value is -1.36. The number of hydrogen-bond donors (Lipinski definition) is 2. The van der Waals surface area contributed by atoms with E-state index in [1.54, 1.807) is 11.3 Å². The summed E-state index contributed by atoms with van der Waals surface area (Å²) in [5, 5.41) is 8.29. The zero-order valence-electron chi connectivity index (χ0n) is 13.1. The summed E-state index contributed by atoms with van der Waals surface area (Å²) in [6, 6.07) is 2.24. The number of carbonyl (C=O) groups is 2. The predicted octanol–water partition coefficient (Wildman–Crippen LogP) is 3.08. The lowest BCUT2D eigenvalue weighted by Crippen LogP contribution is -2.59. The molecule has 0 spiro atoms. The summed E-state index contributed by atoms with van der Waals surface area (Å²) in [5.74, 6) is -0.108. The van der Waals surface area contributed by atoms with Crippen LogP contribution in [-0.2, 0) is 16.0 Å². The number of nitrogens with one attached hydrogen (secondary N) is 2. The van der Waals surface area contributed by atoms with Crippen LogP contribution in [0.4, 0.5) is 0 Å². The van der Waals surface area contributed by atoms with Gasteiger partial charge in [0.05, 0.1) is 6.04 Å². The number of aryl methyl sites for hydroxylation is 1. The first kappa shape index (κ1) is 15.5. The predicted molar refractivity (Wildman–Crippen MR) is 87.8 cm³/mol. The highest BCUT2D eigenvalue weighted by Gasteiger charge is 2.41. The minimum atomic E-state index is -0.697. The molecule has 0 aromatic carbocycles. The molecule has 2 amide bonds. The summed E-state index contributed by atoms with van der Waals surface area (Å²) in [4.78, 5) is 25.9. The molecule has 1 atom stereocenters. The Morgan fingerprint density at radius 2 is 2.00 bits per heavy atom.